The van der Waals surface area contributed by atoms with E-state index in [4.69, 9.17) is 44.5 Å². The summed E-state index contributed by atoms with van der Waals surface area (Å²) in [5.41, 5.74) is 2.46. The van der Waals surface area contributed by atoms with Crippen molar-refractivity contribution in [3.8, 4) is 5.88 Å². The number of carbonyl (C=O) groups excluding carboxylic acids is 3. The highest BCUT2D eigenvalue weighted by Gasteiger charge is 2.29. The molecule has 2 unspecified atom stereocenters. The second-order valence-corrected chi connectivity index (χ2v) is 14.2. The lowest BCUT2D eigenvalue weighted by atomic mass is 9.84. The number of nitrogens with zero attached hydrogens (tertiary/aromatic N) is 3. The zero-order chi connectivity index (χ0) is 37.6. The van der Waals surface area contributed by atoms with Crippen LogP contribution in [0.25, 0.3) is 0 Å². The van der Waals surface area contributed by atoms with Gasteiger partial charge in [0.2, 0.25) is 23.6 Å². The number of hydrogen-bond acceptors (Lipinski definition) is 8. The van der Waals surface area contributed by atoms with Gasteiger partial charge in [-0.15, -0.1) is 0 Å². The lowest BCUT2D eigenvalue weighted by Crippen LogP contribution is -2.38. The molecule has 4 rings (SSSR count). The Hall–Kier alpha value is -3.74. The highest BCUT2D eigenvalue weighted by molar-refractivity contribution is 6.33. The Bertz CT molecular complexity index is 1650. The van der Waals surface area contributed by atoms with E-state index in [2.05, 4.69) is 39.4 Å². The summed E-state index contributed by atoms with van der Waals surface area (Å²) < 4.78 is 5.66. The fraction of sp³-hybridized carbons (Fsp3) is 0.447. The Labute approximate surface area is 321 Å². The minimum atomic E-state index is -0.390. The van der Waals surface area contributed by atoms with E-state index in [0.29, 0.717) is 78.7 Å². The highest BCUT2D eigenvalue weighted by Crippen LogP contribution is 2.43. The van der Waals surface area contributed by atoms with Gasteiger partial charge < -0.3 is 26.0 Å². The average molecular weight is 773 g/mol. The molecule has 0 spiro atoms. The van der Waals surface area contributed by atoms with Crippen molar-refractivity contribution in [1.82, 2.24) is 31.2 Å². The second kappa shape index (κ2) is 20.5. The fourth-order valence-electron chi connectivity index (χ4n) is 6.38. The van der Waals surface area contributed by atoms with Gasteiger partial charge in [-0.2, -0.15) is 0 Å². The minimum Gasteiger partial charge on any atom is -0.481 e. The summed E-state index contributed by atoms with van der Waals surface area (Å²) in [5.74, 6) is 0.241. The van der Waals surface area contributed by atoms with Crippen LogP contribution in [0, 0.1) is 5.92 Å². The SMILES string of the molecule is C=CN(C(=O)CCNC[C@@H]1CCC(=O)N1)C(/C=C/C=C(\Cl)C(CC(=C)Cl)C1=C(Cl)C(c2ccc(CNC[C@@H]3CCC(=O)N3)c(OC)n2)CC=C1)=N\C. The molecule has 0 aromatic carbocycles. The molecule has 11 nitrogen and oxygen atoms in total. The number of aromatic nitrogens is 1. The van der Waals surface area contributed by atoms with Crippen molar-refractivity contribution in [1.29, 1.82) is 0 Å². The molecule has 1 aliphatic carbocycles. The molecular weight excluding hydrogens is 725 g/mol. The Kier molecular flexibility index (Phi) is 16.2. The molecule has 280 valence electrons. The number of carbonyl (C=O) groups is 3. The second-order valence-electron chi connectivity index (χ2n) is 12.8. The third-order valence-electron chi connectivity index (χ3n) is 9.11. The van der Waals surface area contributed by atoms with Gasteiger partial charge in [-0.05, 0) is 49.5 Å². The Morgan fingerprint density at radius 2 is 1.85 bits per heavy atom. The molecular formula is C38H48Cl3N7O4. The van der Waals surface area contributed by atoms with Gasteiger partial charge in [0.15, 0.2) is 0 Å². The Morgan fingerprint density at radius 3 is 2.44 bits per heavy atom. The lowest BCUT2D eigenvalue weighted by Gasteiger charge is -2.26. The van der Waals surface area contributed by atoms with Gasteiger partial charge in [-0.1, -0.05) is 72.3 Å². The first-order valence-electron chi connectivity index (χ1n) is 17.4. The predicted octanol–water partition coefficient (Wildman–Crippen LogP) is 5.69. The van der Waals surface area contributed by atoms with Crippen LogP contribution in [0.1, 0.15) is 62.1 Å². The first-order chi connectivity index (χ1) is 25.0. The maximum Gasteiger partial charge on any atom is 0.233 e. The highest BCUT2D eigenvalue weighted by atomic mass is 35.5. The molecule has 2 fully saturated rings. The monoisotopic (exact) mass is 771 g/mol. The van der Waals surface area contributed by atoms with Crippen molar-refractivity contribution in [2.75, 3.05) is 33.8 Å². The molecule has 3 amide bonds. The van der Waals surface area contributed by atoms with E-state index in [1.165, 1.54) is 11.1 Å². The van der Waals surface area contributed by atoms with Crippen LogP contribution in [0.15, 0.2) is 87.5 Å². The van der Waals surface area contributed by atoms with Crippen LogP contribution in [0.2, 0.25) is 0 Å². The van der Waals surface area contributed by atoms with E-state index < -0.39 is 0 Å². The van der Waals surface area contributed by atoms with E-state index in [-0.39, 0.29) is 48.1 Å². The number of halogens is 3. The zero-order valence-corrected chi connectivity index (χ0v) is 32.0. The Morgan fingerprint density at radius 1 is 1.15 bits per heavy atom. The molecule has 4 atom stereocenters. The summed E-state index contributed by atoms with van der Waals surface area (Å²) in [6, 6.07) is 4.16. The standard InChI is InChI=1S/C38H48Cl3N7O4/c1-5-48(36(51)18-19-43-22-26-13-16-34(49)45-26)33(42-3)11-7-10-31(40)30(20-24(2)39)28-8-6-9-29(37(28)41)32-15-12-25(38(47-32)52-4)21-44-23-27-14-17-35(50)46-27/h5-8,10-12,15,26-27,29-30,43-44H,1-2,9,13-14,16-23H2,3-4H3,(H,45,49)(H,46,50)/b11-7+,31-10-,42-33-/t26-,27-,29?,30?/m0/s1. The number of hydrogen-bond donors (Lipinski definition) is 4. The molecule has 0 radical (unpaired) electrons. The third kappa shape index (κ3) is 11.6. The average Bonchev–Trinajstić information content (AvgIpc) is 3.75. The zero-order valence-electron chi connectivity index (χ0n) is 29.7. The smallest absolute Gasteiger partial charge is 0.233 e. The largest absolute Gasteiger partial charge is 0.481 e. The van der Waals surface area contributed by atoms with E-state index in [0.717, 1.165) is 29.7 Å². The number of nitrogens with one attached hydrogen (secondary N) is 4. The van der Waals surface area contributed by atoms with Gasteiger partial charge >= 0.3 is 0 Å². The van der Waals surface area contributed by atoms with Gasteiger partial charge in [0.1, 0.15) is 5.84 Å². The normalized spacial score (nSPS) is 21.4. The van der Waals surface area contributed by atoms with Crippen molar-refractivity contribution in [2.45, 2.75) is 69.5 Å². The number of methoxy groups -OCH3 is 1. The summed E-state index contributed by atoms with van der Waals surface area (Å²) >= 11 is 20.4. The quantitative estimate of drug-likeness (QED) is 0.0652. The number of pyridine rings is 1. The van der Waals surface area contributed by atoms with Gasteiger partial charge in [0.25, 0.3) is 0 Å². The van der Waals surface area contributed by atoms with Gasteiger partial charge in [0, 0.05) is 103 Å². The number of amides is 3. The molecule has 14 heteroatoms. The minimum absolute atomic E-state index is 0.0573. The van der Waals surface area contributed by atoms with Crippen LogP contribution in [-0.2, 0) is 20.9 Å². The summed E-state index contributed by atoms with van der Waals surface area (Å²) in [6.07, 6.45) is 14.5. The molecule has 3 aliphatic rings. The van der Waals surface area contributed by atoms with Crippen LogP contribution in [-0.4, -0.2) is 79.3 Å². The number of amidine groups is 1. The number of aliphatic imine (C=N–C) groups is 1. The molecule has 3 heterocycles. The molecule has 2 saturated heterocycles. The molecule has 2 aliphatic heterocycles. The van der Waals surface area contributed by atoms with Crippen molar-refractivity contribution in [3.05, 3.63) is 93.8 Å². The maximum atomic E-state index is 13.0. The van der Waals surface area contributed by atoms with Gasteiger partial charge in [-0.3, -0.25) is 24.3 Å². The van der Waals surface area contributed by atoms with Crippen molar-refractivity contribution in [2.24, 2.45) is 10.9 Å². The predicted molar refractivity (Wildman–Crippen MR) is 208 cm³/mol. The number of ether oxygens (including phenoxy) is 1. The lowest BCUT2D eigenvalue weighted by molar-refractivity contribution is -0.125. The molecule has 1 aromatic heterocycles. The number of allylic oxidation sites excluding steroid dienone is 8. The first kappa shape index (κ1) is 41.0. The summed E-state index contributed by atoms with van der Waals surface area (Å²) in [4.78, 5) is 46.4. The molecule has 4 N–H and O–H groups in total. The number of rotatable bonds is 18. The van der Waals surface area contributed by atoms with E-state index in [9.17, 15) is 14.4 Å². The van der Waals surface area contributed by atoms with Crippen molar-refractivity contribution >= 4 is 58.4 Å². The van der Waals surface area contributed by atoms with Gasteiger partial charge in [-0.25, -0.2) is 4.98 Å². The maximum absolute atomic E-state index is 13.0. The van der Waals surface area contributed by atoms with Crippen LogP contribution in [0.5, 0.6) is 5.88 Å². The summed E-state index contributed by atoms with van der Waals surface area (Å²) in [7, 11) is 3.18. The summed E-state index contributed by atoms with van der Waals surface area (Å²) in [5, 5.41) is 14.0. The topological polar surface area (TPSA) is 137 Å². The Balaban J connectivity index is 1.43. The molecule has 0 saturated carbocycles. The van der Waals surface area contributed by atoms with Crippen molar-refractivity contribution < 1.29 is 19.1 Å². The third-order valence-corrected chi connectivity index (χ3v) is 10.1. The fourth-order valence-corrected chi connectivity index (χ4v) is 7.19. The van der Waals surface area contributed by atoms with E-state index in [1.54, 1.807) is 32.4 Å². The van der Waals surface area contributed by atoms with Crippen LogP contribution >= 0.6 is 34.8 Å². The van der Waals surface area contributed by atoms with Crippen LogP contribution < -0.4 is 26.0 Å². The van der Waals surface area contributed by atoms with Crippen molar-refractivity contribution in [3.63, 3.8) is 0 Å². The van der Waals surface area contributed by atoms with Crippen LogP contribution in [0.3, 0.4) is 0 Å². The molecule has 0 bridgehead atoms. The molecule has 52 heavy (non-hydrogen) atoms. The molecule has 1 aromatic rings. The van der Waals surface area contributed by atoms with Crippen LogP contribution in [0.4, 0.5) is 0 Å². The van der Waals surface area contributed by atoms with Gasteiger partial charge in [0.05, 0.1) is 12.8 Å². The van der Waals surface area contributed by atoms with E-state index in [1.807, 2.05) is 24.3 Å². The summed E-state index contributed by atoms with van der Waals surface area (Å²) in [6.45, 7) is 9.97. The van der Waals surface area contributed by atoms with E-state index >= 15 is 0 Å². The first-order valence-corrected chi connectivity index (χ1v) is 18.6.